The summed E-state index contributed by atoms with van der Waals surface area (Å²) in [5.74, 6) is 0. The Kier molecular flexibility index (Phi) is 7.18. The van der Waals surface area contributed by atoms with E-state index in [1.165, 1.54) is 41.8 Å². The molecule has 0 N–H and O–H groups in total. The molecule has 0 aliphatic carbocycles. The number of benzene rings is 2. The van der Waals surface area contributed by atoms with Crippen molar-refractivity contribution in [1.82, 2.24) is 0 Å². The Morgan fingerprint density at radius 1 is 0.639 bits per heavy atom. The van der Waals surface area contributed by atoms with E-state index in [0.717, 1.165) is 22.5 Å². The maximum atomic E-state index is 13.4. The highest BCUT2D eigenvalue weighted by molar-refractivity contribution is 7.16. The summed E-state index contributed by atoms with van der Waals surface area (Å²) in [5, 5.41) is 0. The van der Waals surface area contributed by atoms with Crippen LogP contribution in [0.3, 0.4) is 0 Å². The Morgan fingerprint density at radius 2 is 1.00 bits per heavy atom. The Hall–Kier alpha value is -2.89. The first kappa shape index (κ1) is 26.2. The molecule has 188 valence electrons. The molecule has 0 unspecified atom stereocenters. The number of hydrogen-bond acceptors (Lipinski definition) is 4. The first-order valence-electron chi connectivity index (χ1n) is 12.2. The van der Waals surface area contributed by atoms with Gasteiger partial charge in [0.1, 0.15) is 5.60 Å². The van der Waals surface area contributed by atoms with E-state index in [4.69, 9.17) is 4.74 Å². The largest absolute Gasteiger partial charge is 0.443 e. The first-order chi connectivity index (χ1) is 16.9. The maximum absolute atomic E-state index is 13.4. The van der Waals surface area contributed by atoms with Crippen LogP contribution in [-0.2, 0) is 4.74 Å². The smallest absolute Gasteiger partial charge is 0.419 e. The molecule has 4 rings (SSSR count). The van der Waals surface area contributed by atoms with Crippen LogP contribution < -0.4 is 4.90 Å². The molecule has 0 saturated heterocycles. The lowest BCUT2D eigenvalue weighted by Crippen LogP contribution is -2.33. The van der Waals surface area contributed by atoms with Crippen molar-refractivity contribution in [3.05, 3.63) is 80.5 Å². The Balaban J connectivity index is 1.72. The number of thiophene rings is 2. The average molecular weight is 518 g/mol. The van der Waals surface area contributed by atoms with Crippen molar-refractivity contribution in [3.63, 3.8) is 0 Å². The van der Waals surface area contributed by atoms with Crippen LogP contribution in [0.4, 0.5) is 16.2 Å². The zero-order valence-corrected chi connectivity index (χ0v) is 24.3. The molecule has 4 aromatic rings. The van der Waals surface area contributed by atoms with Gasteiger partial charge in [-0.3, -0.25) is 0 Å². The number of rotatable bonds is 4. The van der Waals surface area contributed by atoms with Gasteiger partial charge < -0.3 is 4.74 Å². The van der Waals surface area contributed by atoms with Crippen molar-refractivity contribution < 1.29 is 9.53 Å². The van der Waals surface area contributed by atoms with Crippen molar-refractivity contribution in [2.24, 2.45) is 0 Å². The number of nitrogens with zero attached hydrogens (tertiary/aromatic N) is 1. The van der Waals surface area contributed by atoms with E-state index in [1.807, 2.05) is 67.7 Å². The van der Waals surface area contributed by atoms with E-state index in [-0.39, 0.29) is 6.09 Å². The van der Waals surface area contributed by atoms with Crippen LogP contribution in [-0.4, -0.2) is 11.7 Å². The van der Waals surface area contributed by atoms with E-state index >= 15 is 0 Å². The normalized spacial score (nSPS) is 11.6. The minimum absolute atomic E-state index is 0.388. The number of aryl methyl sites for hydroxylation is 2. The third kappa shape index (κ3) is 5.14. The Labute approximate surface area is 223 Å². The highest BCUT2D eigenvalue weighted by Gasteiger charge is 2.25. The van der Waals surface area contributed by atoms with Crippen molar-refractivity contribution in [2.75, 3.05) is 4.90 Å². The van der Waals surface area contributed by atoms with Gasteiger partial charge in [0, 0.05) is 19.5 Å². The molecule has 2 aromatic heterocycles. The van der Waals surface area contributed by atoms with Crippen LogP contribution in [0.1, 0.15) is 52.8 Å². The Bertz CT molecular complexity index is 1310. The van der Waals surface area contributed by atoms with Crippen LogP contribution >= 0.6 is 22.7 Å². The summed E-state index contributed by atoms with van der Waals surface area (Å²) in [7, 11) is 0. The summed E-state index contributed by atoms with van der Waals surface area (Å²) in [5.41, 5.74) is 8.62. The molecule has 5 heteroatoms. The summed E-state index contributed by atoms with van der Waals surface area (Å²) < 4.78 is 5.81. The molecule has 0 aliphatic rings. The maximum Gasteiger partial charge on any atom is 0.419 e. The first-order valence-corrected chi connectivity index (χ1v) is 13.9. The molecule has 1 amide bonds. The fourth-order valence-corrected chi connectivity index (χ4v) is 6.57. The van der Waals surface area contributed by atoms with Crippen LogP contribution in [0, 0.1) is 41.5 Å². The summed E-state index contributed by atoms with van der Waals surface area (Å²) in [6, 6.07) is 16.4. The highest BCUT2D eigenvalue weighted by Crippen LogP contribution is 2.39. The van der Waals surface area contributed by atoms with Crippen molar-refractivity contribution in [1.29, 1.82) is 0 Å². The van der Waals surface area contributed by atoms with Crippen LogP contribution in [0.2, 0.25) is 0 Å². The van der Waals surface area contributed by atoms with Gasteiger partial charge in [0.25, 0.3) is 0 Å². The lowest BCUT2D eigenvalue weighted by atomic mass is 10.1. The number of anilines is 2. The van der Waals surface area contributed by atoms with E-state index in [0.29, 0.717) is 0 Å². The van der Waals surface area contributed by atoms with Gasteiger partial charge in [-0.1, -0.05) is 24.3 Å². The molecule has 0 saturated carbocycles. The summed E-state index contributed by atoms with van der Waals surface area (Å²) in [6.45, 7) is 18.7. The molecule has 0 spiro atoms. The fraction of sp³-hybridized carbons (Fsp3) is 0.323. The second-order valence-electron chi connectivity index (χ2n) is 10.4. The zero-order valence-electron chi connectivity index (χ0n) is 22.7. The van der Waals surface area contributed by atoms with E-state index < -0.39 is 5.60 Å². The molecule has 0 bridgehead atoms. The minimum Gasteiger partial charge on any atom is -0.443 e. The summed E-state index contributed by atoms with van der Waals surface area (Å²) >= 11 is 3.64. The molecule has 0 fully saturated rings. The third-order valence-corrected chi connectivity index (χ3v) is 9.44. The predicted molar refractivity (Wildman–Crippen MR) is 156 cm³/mol. The molecule has 3 nitrogen and oxygen atoms in total. The minimum atomic E-state index is -0.596. The van der Waals surface area contributed by atoms with Crippen LogP contribution in [0.25, 0.3) is 20.9 Å². The van der Waals surface area contributed by atoms with Gasteiger partial charge in [0.2, 0.25) is 0 Å². The molecular formula is C31H35NO2S2. The number of hydrogen-bond donors (Lipinski definition) is 0. The monoisotopic (exact) mass is 517 g/mol. The van der Waals surface area contributed by atoms with Crippen LogP contribution in [0.15, 0.2) is 48.5 Å². The molecule has 36 heavy (non-hydrogen) atoms. The molecule has 0 aliphatic heterocycles. The Morgan fingerprint density at radius 3 is 1.28 bits per heavy atom. The van der Waals surface area contributed by atoms with Gasteiger partial charge in [0.05, 0.1) is 11.4 Å². The molecule has 2 heterocycles. The molecule has 2 aromatic carbocycles. The molecular weight excluding hydrogens is 482 g/mol. The zero-order chi connectivity index (χ0) is 26.4. The third-order valence-electron chi connectivity index (χ3n) is 6.72. The van der Waals surface area contributed by atoms with E-state index in [2.05, 4.69) is 65.8 Å². The van der Waals surface area contributed by atoms with Gasteiger partial charge in [0.15, 0.2) is 0 Å². The van der Waals surface area contributed by atoms with E-state index in [1.54, 1.807) is 4.90 Å². The fourth-order valence-electron chi connectivity index (χ4n) is 4.22. The van der Waals surface area contributed by atoms with Crippen LogP contribution in [0.5, 0.6) is 0 Å². The van der Waals surface area contributed by atoms with Crippen molar-refractivity contribution in [2.45, 2.75) is 67.9 Å². The summed E-state index contributed by atoms with van der Waals surface area (Å²) in [4.78, 5) is 20.3. The molecule has 0 atom stereocenters. The van der Waals surface area contributed by atoms with Crippen molar-refractivity contribution in [3.8, 4) is 20.9 Å². The van der Waals surface area contributed by atoms with Gasteiger partial charge >= 0.3 is 6.09 Å². The summed E-state index contributed by atoms with van der Waals surface area (Å²) in [6.07, 6.45) is -0.388. The average Bonchev–Trinajstić information content (AvgIpc) is 3.23. The number of carbonyl (C=O) groups excluding carboxylic acids is 1. The van der Waals surface area contributed by atoms with Gasteiger partial charge in [-0.25, -0.2) is 9.69 Å². The van der Waals surface area contributed by atoms with Crippen molar-refractivity contribution >= 4 is 40.1 Å². The van der Waals surface area contributed by atoms with Gasteiger partial charge in [-0.2, -0.15) is 0 Å². The topological polar surface area (TPSA) is 29.5 Å². The predicted octanol–water partition coefficient (Wildman–Crippen LogP) is 10.1. The standard InChI is InChI=1S/C31H35NO2S2/c1-18-20(3)28(35-22(18)5)24-10-14-26(15-11-24)32(30(33)34-31(7,8)9)27-16-12-25(13-17-27)29-21(4)19(2)23(6)36-29/h10-17H,1-9H3. The van der Waals surface area contributed by atoms with Gasteiger partial charge in [-0.05, 0) is 120 Å². The lowest BCUT2D eigenvalue weighted by Gasteiger charge is -2.28. The SMILES string of the molecule is Cc1sc(-c2ccc(N(C(=O)OC(C)(C)C)c3ccc(-c4sc(C)c(C)c4C)cc3)cc2)c(C)c1C. The number of amides is 1. The molecule has 0 radical (unpaired) electrons. The second-order valence-corrected chi connectivity index (χ2v) is 12.8. The van der Waals surface area contributed by atoms with E-state index in [9.17, 15) is 4.79 Å². The lowest BCUT2D eigenvalue weighted by molar-refractivity contribution is 0.0599. The second kappa shape index (κ2) is 9.87. The van der Waals surface area contributed by atoms with Gasteiger partial charge in [-0.15, -0.1) is 22.7 Å². The quantitative estimate of drug-likeness (QED) is 0.269. The highest BCUT2D eigenvalue weighted by atomic mass is 32.1. The number of ether oxygens (including phenoxy) is 1. The number of carbonyl (C=O) groups is 1.